The summed E-state index contributed by atoms with van der Waals surface area (Å²) in [5.41, 5.74) is 1.88. The van der Waals surface area contributed by atoms with E-state index in [0.717, 1.165) is 34.3 Å². The zero-order chi connectivity index (χ0) is 14.7. The molecule has 0 aliphatic rings. The minimum absolute atomic E-state index is 0.201. The summed E-state index contributed by atoms with van der Waals surface area (Å²) >= 11 is 0. The summed E-state index contributed by atoms with van der Waals surface area (Å²) in [6.07, 6.45) is 0.738. The molecule has 0 bridgehead atoms. The molecule has 4 heteroatoms. The van der Waals surface area contributed by atoms with Crippen molar-refractivity contribution in [3.05, 3.63) is 65.6 Å². The molecule has 0 radical (unpaired) electrons. The van der Waals surface area contributed by atoms with Gasteiger partial charge in [-0.15, -0.1) is 5.10 Å². The van der Waals surface area contributed by atoms with Crippen molar-refractivity contribution in [2.75, 3.05) is 11.9 Å². The second kappa shape index (κ2) is 5.87. The van der Waals surface area contributed by atoms with Crippen molar-refractivity contribution in [1.82, 2.24) is 10.2 Å². The van der Waals surface area contributed by atoms with E-state index >= 15 is 0 Å². The molecule has 1 heterocycles. The van der Waals surface area contributed by atoms with Crippen LogP contribution in [0.15, 0.2) is 48.5 Å². The quantitative estimate of drug-likeness (QED) is 0.791. The monoisotopic (exact) mass is 281 g/mol. The number of nitrogens with zero attached hydrogens (tertiary/aromatic N) is 2. The van der Waals surface area contributed by atoms with Gasteiger partial charge in [0.05, 0.1) is 5.69 Å². The van der Waals surface area contributed by atoms with Gasteiger partial charge in [0.1, 0.15) is 5.82 Å². The van der Waals surface area contributed by atoms with Gasteiger partial charge in [0, 0.05) is 17.3 Å². The maximum atomic E-state index is 13.1. The van der Waals surface area contributed by atoms with Crippen LogP contribution in [-0.2, 0) is 6.42 Å². The smallest absolute Gasteiger partial charge is 0.156 e. The molecular formula is C17H16FN3. The minimum Gasteiger partial charge on any atom is -0.368 e. The van der Waals surface area contributed by atoms with Crippen molar-refractivity contribution in [2.45, 2.75) is 13.3 Å². The maximum absolute atomic E-state index is 13.1. The molecule has 0 fully saturated rings. The first-order valence-corrected chi connectivity index (χ1v) is 6.94. The van der Waals surface area contributed by atoms with E-state index in [-0.39, 0.29) is 5.82 Å². The Morgan fingerprint density at radius 1 is 1.00 bits per heavy atom. The van der Waals surface area contributed by atoms with Crippen molar-refractivity contribution in [1.29, 1.82) is 0 Å². The molecule has 0 saturated heterocycles. The number of fused-ring (bicyclic) bond motifs is 1. The first-order valence-electron chi connectivity index (χ1n) is 6.94. The average molecular weight is 281 g/mol. The van der Waals surface area contributed by atoms with Crippen LogP contribution in [0.5, 0.6) is 0 Å². The molecular weight excluding hydrogens is 265 g/mol. The summed E-state index contributed by atoms with van der Waals surface area (Å²) in [5, 5.41) is 13.8. The van der Waals surface area contributed by atoms with Gasteiger partial charge in [0.15, 0.2) is 5.82 Å². The lowest BCUT2D eigenvalue weighted by Gasteiger charge is -2.09. The fraction of sp³-hybridized carbons (Fsp3) is 0.176. The van der Waals surface area contributed by atoms with E-state index in [4.69, 9.17) is 0 Å². The summed E-state index contributed by atoms with van der Waals surface area (Å²) in [6, 6.07) is 14.7. The summed E-state index contributed by atoms with van der Waals surface area (Å²) in [7, 11) is 0. The van der Waals surface area contributed by atoms with Crippen LogP contribution >= 0.6 is 0 Å². The van der Waals surface area contributed by atoms with E-state index in [0.29, 0.717) is 6.54 Å². The molecule has 106 valence electrons. The predicted molar refractivity (Wildman–Crippen MR) is 82.9 cm³/mol. The van der Waals surface area contributed by atoms with Crippen LogP contribution in [0.25, 0.3) is 10.8 Å². The molecule has 0 amide bonds. The molecule has 2 aromatic carbocycles. The molecule has 0 saturated carbocycles. The van der Waals surface area contributed by atoms with Crippen LogP contribution in [0, 0.1) is 12.7 Å². The lowest BCUT2D eigenvalue weighted by Crippen LogP contribution is -2.08. The second-order valence-electron chi connectivity index (χ2n) is 4.99. The Balaban J connectivity index is 1.75. The van der Waals surface area contributed by atoms with Gasteiger partial charge in [0.25, 0.3) is 0 Å². The summed E-state index contributed by atoms with van der Waals surface area (Å²) in [5.74, 6) is 0.570. The van der Waals surface area contributed by atoms with Crippen molar-refractivity contribution in [2.24, 2.45) is 0 Å². The third-order valence-electron chi connectivity index (χ3n) is 3.47. The highest BCUT2D eigenvalue weighted by molar-refractivity contribution is 5.92. The molecule has 0 aliphatic carbocycles. The zero-order valence-corrected chi connectivity index (χ0v) is 11.8. The highest BCUT2D eigenvalue weighted by atomic mass is 19.1. The van der Waals surface area contributed by atoms with E-state index in [1.165, 1.54) is 6.07 Å². The van der Waals surface area contributed by atoms with Crippen LogP contribution in [-0.4, -0.2) is 16.7 Å². The normalized spacial score (nSPS) is 10.8. The molecule has 0 atom stereocenters. The largest absolute Gasteiger partial charge is 0.368 e. The fourth-order valence-corrected chi connectivity index (χ4v) is 2.39. The predicted octanol–water partition coefficient (Wildman–Crippen LogP) is 3.73. The number of aryl methyl sites for hydroxylation is 1. The highest BCUT2D eigenvalue weighted by Gasteiger charge is 2.05. The van der Waals surface area contributed by atoms with Gasteiger partial charge in [-0.2, -0.15) is 5.10 Å². The number of aromatic nitrogens is 2. The first-order chi connectivity index (χ1) is 10.2. The third-order valence-corrected chi connectivity index (χ3v) is 3.47. The summed E-state index contributed by atoms with van der Waals surface area (Å²) < 4.78 is 13.1. The van der Waals surface area contributed by atoms with E-state index in [1.807, 2.05) is 37.3 Å². The van der Waals surface area contributed by atoms with Crippen molar-refractivity contribution < 1.29 is 4.39 Å². The molecule has 0 aliphatic heterocycles. The number of hydrogen-bond donors (Lipinski definition) is 1. The zero-order valence-electron chi connectivity index (χ0n) is 11.8. The Kier molecular flexibility index (Phi) is 3.77. The maximum Gasteiger partial charge on any atom is 0.156 e. The van der Waals surface area contributed by atoms with Gasteiger partial charge in [-0.05, 0) is 31.0 Å². The average Bonchev–Trinajstić information content (AvgIpc) is 2.50. The van der Waals surface area contributed by atoms with Crippen LogP contribution in [0.4, 0.5) is 10.2 Å². The molecule has 3 rings (SSSR count). The van der Waals surface area contributed by atoms with Gasteiger partial charge < -0.3 is 5.32 Å². The van der Waals surface area contributed by atoms with Crippen LogP contribution in [0.1, 0.15) is 11.3 Å². The van der Waals surface area contributed by atoms with Gasteiger partial charge in [-0.3, -0.25) is 0 Å². The topological polar surface area (TPSA) is 37.8 Å². The lowest BCUT2D eigenvalue weighted by molar-refractivity contribution is 0.625. The van der Waals surface area contributed by atoms with E-state index < -0.39 is 0 Å². The van der Waals surface area contributed by atoms with Gasteiger partial charge >= 0.3 is 0 Å². The van der Waals surface area contributed by atoms with Crippen molar-refractivity contribution >= 4 is 16.6 Å². The molecule has 1 aromatic heterocycles. The summed E-state index contributed by atoms with van der Waals surface area (Å²) in [6.45, 7) is 2.64. The van der Waals surface area contributed by atoms with E-state index in [1.54, 1.807) is 12.1 Å². The molecule has 0 unspecified atom stereocenters. The highest BCUT2D eigenvalue weighted by Crippen LogP contribution is 2.22. The Morgan fingerprint density at radius 2 is 1.81 bits per heavy atom. The van der Waals surface area contributed by atoms with Crippen LogP contribution in [0.2, 0.25) is 0 Å². The second-order valence-corrected chi connectivity index (χ2v) is 4.99. The Morgan fingerprint density at radius 3 is 2.62 bits per heavy atom. The molecule has 21 heavy (non-hydrogen) atoms. The number of halogens is 1. The van der Waals surface area contributed by atoms with Crippen molar-refractivity contribution in [3.63, 3.8) is 0 Å². The van der Waals surface area contributed by atoms with Crippen LogP contribution < -0.4 is 5.32 Å². The number of anilines is 1. The Hall–Kier alpha value is -2.49. The number of rotatable bonds is 4. The molecule has 3 nitrogen and oxygen atoms in total. The third kappa shape index (κ3) is 2.99. The SMILES string of the molecule is Cc1nnc(NCCc2cccc(F)c2)c2ccccc12. The number of nitrogens with one attached hydrogen (secondary N) is 1. The van der Waals surface area contributed by atoms with Gasteiger partial charge in [-0.25, -0.2) is 4.39 Å². The first kappa shape index (κ1) is 13.5. The van der Waals surface area contributed by atoms with E-state index in [2.05, 4.69) is 15.5 Å². The van der Waals surface area contributed by atoms with Gasteiger partial charge in [0.2, 0.25) is 0 Å². The Bertz CT molecular complexity index is 771. The summed E-state index contributed by atoms with van der Waals surface area (Å²) in [4.78, 5) is 0. The fourth-order valence-electron chi connectivity index (χ4n) is 2.39. The molecule has 1 N–H and O–H groups in total. The van der Waals surface area contributed by atoms with E-state index in [9.17, 15) is 4.39 Å². The molecule has 0 spiro atoms. The van der Waals surface area contributed by atoms with Crippen LogP contribution in [0.3, 0.4) is 0 Å². The minimum atomic E-state index is -0.201. The van der Waals surface area contributed by atoms with Gasteiger partial charge in [-0.1, -0.05) is 36.4 Å². The molecule has 3 aromatic rings. The number of benzene rings is 2. The standard InChI is InChI=1S/C17H16FN3/c1-12-15-7-2-3-8-16(15)17(21-20-12)19-10-9-13-5-4-6-14(18)11-13/h2-8,11H,9-10H2,1H3,(H,19,21). The Labute approximate surface area is 122 Å². The lowest BCUT2D eigenvalue weighted by atomic mass is 10.1. The van der Waals surface area contributed by atoms with Crippen molar-refractivity contribution in [3.8, 4) is 0 Å². The number of hydrogen-bond acceptors (Lipinski definition) is 3.